The molecule has 0 bridgehead atoms. The number of amides is 1. The number of aromatic nitrogens is 4. The zero-order chi connectivity index (χ0) is 21.1. The number of carbonyl (C=O) groups is 1. The van der Waals surface area contributed by atoms with Crippen LogP contribution in [0.1, 0.15) is 6.92 Å². The number of hydrogen-bond acceptors (Lipinski definition) is 7. The first-order chi connectivity index (χ1) is 14.5. The van der Waals surface area contributed by atoms with Gasteiger partial charge in [-0.25, -0.2) is 9.97 Å². The third-order valence-corrected chi connectivity index (χ3v) is 4.38. The lowest BCUT2D eigenvalue weighted by Gasteiger charge is -2.13. The summed E-state index contributed by atoms with van der Waals surface area (Å²) in [5.74, 6) is 1.07. The first-order valence-corrected chi connectivity index (χ1v) is 9.38. The molecule has 4 aromatic rings. The summed E-state index contributed by atoms with van der Waals surface area (Å²) < 4.78 is 0. The van der Waals surface area contributed by atoms with Crippen LogP contribution < -0.4 is 20.9 Å². The highest BCUT2D eigenvalue weighted by Gasteiger charge is 2.11. The standard InChI is InChI=1S/C21H22N8O/c1-13(30)24-14-7-9-15(10-8-14)25-19-18-20(23-12-22-19)28-21(27-18)26-16-5-4-6-17(11-16)29(2)3/h4-12H,1-3H3,(H,24,30)(H3,22,23,25,26,27,28). The van der Waals surface area contributed by atoms with Gasteiger partial charge in [-0.15, -0.1) is 0 Å². The molecular formula is C21H22N8O. The van der Waals surface area contributed by atoms with E-state index in [1.807, 2.05) is 67.5 Å². The molecule has 4 rings (SSSR count). The second-order valence-electron chi connectivity index (χ2n) is 6.96. The maximum Gasteiger partial charge on any atom is 0.221 e. The van der Waals surface area contributed by atoms with Crippen LogP contribution in [0.4, 0.5) is 34.5 Å². The van der Waals surface area contributed by atoms with Crippen LogP contribution >= 0.6 is 0 Å². The fourth-order valence-electron chi connectivity index (χ4n) is 2.96. The summed E-state index contributed by atoms with van der Waals surface area (Å²) in [6.07, 6.45) is 1.47. The van der Waals surface area contributed by atoms with E-state index in [2.05, 4.69) is 35.9 Å². The number of nitrogens with zero attached hydrogens (tertiary/aromatic N) is 4. The average Bonchev–Trinajstić information content (AvgIpc) is 3.13. The van der Waals surface area contributed by atoms with Crippen LogP contribution in [0.2, 0.25) is 0 Å². The van der Waals surface area contributed by atoms with Gasteiger partial charge in [0.15, 0.2) is 11.5 Å². The topological polar surface area (TPSA) is 111 Å². The van der Waals surface area contributed by atoms with Gasteiger partial charge in [-0.3, -0.25) is 4.79 Å². The van der Waals surface area contributed by atoms with Crippen LogP contribution in [0.5, 0.6) is 0 Å². The number of rotatable bonds is 6. The molecule has 0 radical (unpaired) electrons. The second-order valence-corrected chi connectivity index (χ2v) is 6.96. The van der Waals surface area contributed by atoms with Crippen LogP contribution in [0.15, 0.2) is 54.9 Å². The highest BCUT2D eigenvalue weighted by atomic mass is 16.1. The van der Waals surface area contributed by atoms with Crippen molar-refractivity contribution < 1.29 is 4.79 Å². The molecule has 1 amide bonds. The Labute approximate surface area is 173 Å². The molecule has 152 valence electrons. The van der Waals surface area contributed by atoms with Crippen molar-refractivity contribution in [2.75, 3.05) is 34.9 Å². The molecule has 0 unspecified atom stereocenters. The van der Waals surface area contributed by atoms with E-state index in [1.54, 1.807) is 0 Å². The molecule has 0 spiro atoms. The number of hydrogen-bond donors (Lipinski definition) is 4. The van der Waals surface area contributed by atoms with Crippen molar-refractivity contribution in [2.24, 2.45) is 0 Å². The highest BCUT2D eigenvalue weighted by Crippen LogP contribution is 2.26. The number of carbonyl (C=O) groups excluding carboxylic acids is 1. The Morgan fingerprint density at radius 3 is 2.47 bits per heavy atom. The number of imidazole rings is 1. The molecule has 4 N–H and O–H groups in total. The molecule has 9 heteroatoms. The Morgan fingerprint density at radius 1 is 0.967 bits per heavy atom. The smallest absolute Gasteiger partial charge is 0.221 e. The average molecular weight is 402 g/mol. The number of aromatic amines is 1. The maximum atomic E-state index is 11.2. The van der Waals surface area contributed by atoms with E-state index in [-0.39, 0.29) is 5.91 Å². The first-order valence-electron chi connectivity index (χ1n) is 9.38. The molecule has 2 aromatic heterocycles. The zero-order valence-corrected chi connectivity index (χ0v) is 16.9. The van der Waals surface area contributed by atoms with Crippen molar-refractivity contribution >= 4 is 51.6 Å². The van der Waals surface area contributed by atoms with Crippen molar-refractivity contribution in [3.8, 4) is 0 Å². The number of fused-ring (bicyclic) bond motifs is 1. The minimum Gasteiger partial charge on any atom is -0.378 e. The number of anilines is 6. The Bertz CT molecular complexity index is 1180. The molecular weight excluding hydrogens is 380 g/mol. The lowest BCUT2D eigenvalue weighted by atomic mass is 10.2. The maximum absolute atomic E-state index is 11.2. The molecule has 0 aliphatic rings. The fourth-order valence-corrected chi connectivity index (χ4v) is 2.96. The third kappa shape index (κ3) is 4.30. The summed E-state index contributed by atoms with van der Waals surface area (Å²) in [5, 5.41) is 9.28. The summed E-state index contributed by atoms with van der Waals surface area (Å²) in [4.78, 5) is 29.5. The van der Waals surface area contributed by atoms with Crippen LogP contribution in [-0.4, -0.2) is 39.9 Å². The summed E-state index contributed by atoms with van der Waals surface area (Å²) >= 11 is 0. The molecule has 0 saturated heterocycles. The minimum absolute atomic E-state index is 0.109. The Balaban J connectivity index is 1.56. The molecule has 0 aliphatic heterocycles. The van der Waals surface area contributed by atoms with Gasteiger partial charge in [-0.1, -0.05) is 6.07 Å². The molecule has 9 nitrogen and oxygen atoms in total. The molecule has 2 heterocycles. The number of nitrogens with one attached hydrogen (secondary N) is 4. The monoisotopic (exact) mass is 402 g/mol. The first kappa shape index (κ1) is 19.2. The van der Waals surface area contributed by atoms with Gasteiger partial charge in [0.25, 0.3) is 0 Å². The lowest BCUT2D eigenvalue weighted by Crippen LogP contribution is -2.08. The van der Waals surface area contributed by atoms with Crippen molar-refractivity contribution in [1.82, 2.24) is 19.9 Å². The van der Waals surface area contributed by atoms with Crippen LogP contribution in [0.3, 0.4) is 0 Å². The third-order valence-electron chi connectivity index (χ3n) is 4.38. The summed E-state index contributed by atoms with van der Waals surface area (Å²) in [6, 6.07) is 15.4. The van der Waals surface area contributed by atoms with Crippen molar-refractivity contribution in [1.29, 1.82) is 0 Å². The van der Waals surface area contributed by atoms with Crippen molar-refractivity contribution in [3.05, 3.63) is 54.9 Å². The van der Waals surface area contributed by atoms with Gasteiger partial charge >= 0.3 is 0 Å². The fraction of sp³-hybridized carbons (Fsp3) is 0.143. The quantitative estimate of drug-likeness (QED) is 0.387. The largest absolute Gasteiger partial charge is 0.378 e. The zero-order valence-electron chi connectivity index (χ0n) is 16.9. The normalized spacial score (nSPS) is 10.6. The Kier molecular flexibility index (Phi) is 5.17. The van der Waals surface area contributed by atoms with E-state index in [9.17, 15) is 4.79 Å². The second kappa shape index (κ2) is 8.08. The van der Waals surface area contributed by atoms with Crippen LogP contribution in [0, 0.1) is 0 Å². The van der Waals surface area contributed by atoms with E-state index in [0.29, 0.717) is 22.9 Å². The van der Waals surface area contributed by atoms with Crippen LogP contribution in [0.25, 0.3) is 11.2 Å². The molecule has 30 heavy (non-hydrogen) atoms. The van der Waals surface area contributed by atoms with E-state index in [1.165, 1.54) is 13.3 Å². The van der Waals surface area contributed by atoms with E-state index in [4.69, 9.17) is 0 Å². The summed E-state index contributed by atoms with van der Waals surface area (Å²) in [5.41, 5.74) is 4.79. The van der Waals surface area contributed by atoms with Gasteiger partial charge in [-0.05, 0) is 42.5 Å². The van der Waals surface area contributed by atoms with E-state index >= 15 is 0 Å². The van der Waals surface area contributed by atoms with Crippen LogP contribution in [-0.2, 0) is 4.79 Å². The molecule has 0 saturated carbocycles. The molecule has 2 aromatic carbocycles. The predicted molar refractivity (Wildman–Crippen MR) is 120 cm³/mol. The molecule has 0 atom stereocenters. The minimum atomic E-state index is -0.109. The van der Waals surface area contributed by atoms with Gasteiger partial charge in [0.1, 0.15) is 11.8 Å². The summed E-state index contributed by atoms with van der Waals surface area (Å²) in [6.45, 7) is 1.48. The SMILES string of the molecule is CC(=O)Nc1ccc(Nc2ncnc3nc(Nc4cccc(N(C)C)c4)[nH]c23)cc1. The lowest BCUT2D eigenvalue weighted by molar-refractivity contribution is -0.114. The molecule has 0 fully saturated rings. The number of benzene rings is 2. The van der Waals surface area contributed by atoms with E-state index < -0.39 is 0 Å². The highest BCUT2D eigenvalue weighted by molar-refractivity contribution is 5.89. The summed E-state index contributed by atoms with van der Waals surface area (Å²) in [7, 11) is 3.99. The molecule has 0 aliphatic carbocycles. The van der Waals surface area contributed by atoms with E-state index in [0.717, 1.165) is 22.7 Å². The Morgan fingerprint density at radius 2 is 1.73 bits per heavy atom. The van der Waals surface area contributed by atoms with Gasteiger partial charge in [0.05, 0.1) is 0 Å². The van der Waals surface area contributed by atoms with Gasteiger partial charge in [0, 0.05) is 43.8 Å². The van der Waals surface area contributed by atoms with Crippen molar-refractivity contribution in [2.45, 2.75) is 6.92 Å². The number of H-pyrrole nitrogens is 1. The van der Waals surface area contributed by atoms with Gasteiger partial charge in [-0.2, -0.15) is 4.98 Å². The van der Waals surface area contributed by atoms with Gasteiger partial charge in [0.2, 0.25) is 11.9 Å². The predicted octanol–water partition coefficient (Wildman–Crippen LogP) is 3.86. The van der Waals surface area contributed by atoms with Crippen molar-refractivity contribution in [3.63, 3.8) is 0 Å². The van der Waals surface area contributed by atoms with Gasteiger partial charge < -0.3 is 25.8 Å². The Hall–Kier alpha value is -4.14.